The van der Waals surface area contributed by atoms with Gasteiger partial charge in [0.15, 0.2) is 5.78 Å². The van der Waals surface area contributed by atoms with Crippen molar-refractivity contribution in [1.29, 1.82) is 0 Å². The van der Waals surface area contributed by atoms with Crippen molar-refractivity contribution in [3.63, 3.8) is 0 Å². The van der Waals surface area contributed by atoms with Crippen LogP contribution in [0.2, 0.25) is 0 Å². The van der Waals surface area contributed by atoms with E-state index >= 15 is 0 Å². The maximum Gasteiger partial charge on any atom is 0.178 e. The van der Waals surface area contributed by atoms with Crippen LogP contribution in [0.1, 0.15) is 38.8 Å². The third-order valence-electron chi connectivity index (χ3n) is 4.88. The maximum absolute atomic E-state index is 12.3. The van der Waals surface area contributed by atoms with Gasteiger partial charge in [0.05, 0.1) is 0 Å². The summed E-state index contributed by atoms with van der Waals surface area (Å²) in [5.74, 6) is -0.0125. The Morgan fingerprint density at radius 1 is 0.714 bits per heavy atom. The lowest BCUT2D eigenvalue weighted by atomic mass is 10.1. The average molecular weight is 377 g/mol. The van der Waals surface area contributed by atoms with E-state index < -0.39 is 0 Å². The van der Waals surface area contributed by atoms with Gasteiger partial charge < -0.3 is 9.80 Å². The molecular formula is C25H32N2O. The fraction of sp³-hybridized carbons (Fsp3) is 0.320. The summed E-state index contributed by atoms with van der Waals surface area (Å²) in [5.41, 5.74) is 4.44. The van der Waals surface area contributed by atoms with Gasteiger partial charge in [0, 0.05) is 37.6 Å². The summed E-state index contributed by atoms with van der Waals surface area (Å²) in [7, 11) is 0. The Hall–Kier alpha value is -2.81. The molecule has 0 bridgehead atoms. The quantitative estimate of drug-likeness (QED) is 0.499. The van der Waals surface area contributed by atoms with Crippen LogP contribution in [0.15, 0.2) is 60.7 Å². The molecule has 28 heavy (non-hydrogen) atoms. The topological polar surface area (TPSA) is 23.6 Å². The molecule has 0 heterocycles. The molecule has 148 valence electrons. The fourth-order valence-corrected chi connectivity index (χ4v) is 3.24. The Labute approximate surface area is 170 Å². The molecule has 0 amide bonds. The van der Waals surface area contributed by atoms with E-state index in [1.165, 1.54) is 11.4 Å². The summed E-state index contributed by atoms with van der Waals surface area (Å²) in [6, 6.07) is 16.6. The van der Waals surface area contributed by atoms with Crippen molar-refractivity contribution >= 4 is 29.3 Å². The Morgan fingerprint density at radius 2 is 1.11 bits per heavy atom. The van der Waals surface area contributed by atoms with E-state index in [2.05, 4.69) is 61.8 Å². The molecule has 0 unspecified atom stereocenters. The van der Waals surface area contributed by atoms with Crippen molar-refractivity contribution in [2.24, 2.45) is 0 Å². The van der Waals surface area contributed by atoms with Gasteiger partial charge in [0.25, 0.3) is 0 Å². The van der Waals surface area contributed by atoms with E-state index in [0.29, 0.717) is 0 Å². The molecule has 0 aromatic heterocycles. The third kappa shape index (κ3) is 6.12. The van der Waals surface area contributed by atoms with Gasteiger partial charge in [0.2, 0.25) is 0 Å². The predicted octanol–water partition coefficient (Wildman–Crippen LogP) is 5.67. The van der Waals surface area contributed by atoms with Gasteiger partial charge in [-0.05, 0) is 75.2 Å². The van der Waals surface area contributed by atoms with E-state index in [4.69, 9.17) is 0 Å². The summed E-state index contributed by atoms with van der Waals surface area (Å²) in [4.78, 5) is 16.8. The molecule has 0 fully saturated rings. The summed E-state index contributed by atoms with van der Waals surface area (Å²) in [6.45, 7) is 12.5. The molecule has 0 radical (unpaired) electrons. The first kappa shape index (κ1) is 21.5. The van der Waals surface area contributed by atoms with E-state index in [-0.39, 0.29) is 5.78 Å². The molecule has 3 nitrogen and oxygen atoms in total. The van der Waals surface area contributed by atoms with E-state index in [1.54, 1.807) is 12.2 Å². The van der Waals surface area contributed by atoms with Crippen molar-refractivity contribution in [2.75, 3.05) is 36.0 Å². The van der Waals surface area contributed by atoms with Gasteiger partial charge in [-0.3, -0.25) is 4.79 Å². The van der Waals surface area contributed by atoms with Crippen LogP contribution in [0.5, 0.6) is 0 Å². The third-order valence-corrected chi connectivity index (χ3v) is 4.88. The second kappa shape index (κ2) is 11.1. The summed E-state index contributed by atoms with van der Waals surface area (Å²) >= 11 is 0. The van der Waals surface area contributed by atoms with Gasteiger partial charge in [-0.1, -0.05) is 36.4 Å². The fourth-order valence-electron chi connectivity index (χ4n) is 3.24. The number of nitrogens with zero attached hydrogens (tertiary/aromatic N) is 2. The van der Waals surface area contributed by atoms with Gasteiger partial charge in [0.1, 0.15) is 0 Å². The molecule has 0 saturated heterocycles. The molecule has 0 aliphatic rings. The first-order chi connectivity index (χ1) is 13.6. The zero-order valence-electron chi connectivity index (χ0n) is 17.6. The molecule has 0 aliphatic carbocycles. The van der Waals surface area contributed by atoms with Crippen LogP contribution in [0, 0.1) is 0 Å². The number of ketones is 1. The summed E-state index contributed by atoms with van der Waals surface area (Å²) < 4.78 is 0. The van der Waals surface area contributed by atoms with Crippen LogP contribution in [0.3, 0.4) is 0 Å². The van der Waals surface area contributed by atoms with Gasteiger partial charge in [-0.2, -0.15) is 0 Å². The molecule has 0 N–H and O–H groups in total. The lowest BCUT2D eigenvalue weighted by Gasteiger charge is -2.21. The van der Waals surface area contributed by atoms with Crippen molar-refractivity contribution < 1.29 is 4.79 Å². The number of hydrogen-bond donors (Lipinski definition) is 0. The maximum atomic E-state index is 12.3. The highest BCUT2D eigenvalue weighted by Crippen LogP contribution is 2.18. The highest BCUT2D eigenvalue weighted by atomic mass is 16.1. The van der Waals surface area contributed by atoms with Crippen LogP contribution in [0.25, 0.3) is 12.2 Å². The normalized spacial score (nSPS) is 11.3. The van der Waals surface area contributed by atoms with Crippen molar-refractivity contribution in [3.05, 3.63) is 71.8 Å². The number of rotatable bonds is 10. The number of hydrogen-bond acceptors (Lipinski definition) is 3. The first-order valence-corrected chi connectivity index (χ1v) is 10.2. The molecule has 0 saturated carbocycles. The minimum absolute atomic E-state index is 0.0125. The van der Waals surface area contributed by atoms with E-state index in [9.17, 15) is 4.79 Å². The predicted molar refractivity (Wildman–Crippen MR) is 123 cm³/mol. The lowest BCUT2D eigenvalue weighted by Crippen LogP contribution is -2.21. The minimum atomic E-state index is -0.0125. The molecule has 0 atom stereocenters. The summed E-state index contributed by atoms with van der Waals surface area (Å²) in [6.07, 6.45) is 7.02. The summed E-state index contributed by atoms with van der Waals surface area (Å²) in [5, 5.41) is 0. The molecule has 3 heteroatoms. The van der Waals surface area contributed by atoms with E-state index in [0.717, 1.165) is 37.3 Å². The largest absolute Gasteiger partial charge is 0.372 e. The Balaban J connectivity index is 2.06. The Bertz CT molecular complexity index is 747. The molecular weight excluding hydrogens is 344 g/mol. The number of carbonyl (C=O) groups is 1. The molecule has 2 rings (SSSR count). The first-order valence-electron chi connectivity index (χ1n) is 10.2. The highest BCUT2D eigenvalue weighted by Gasteiger charge is 2.02. The Kier molecular flexibility index (Phi) is 8.54. The van der Waals surface area contributed by atoms with Crippen LogP contribution in [0.4, 0.5) is 11.4 Å². The SMILES string of the molecule is CCN(CC)c1cccc(C=CC(=O)C=Cc2cccc(N(CC)CC)c2)c1. The van der Waals surface area contributed by atoms with Crippen LogP contribution >= 0.6 is 0 Å². The van der Waals surface area contributed by atoms with Crippen molar-refractivity contribution in [2.45, 2.75) is 27.7 Å². The lowest BCUT2D eigenvalue weighted by molar-refractivity contribution is -0.110. The van der Waals surface area contributed by atoms with Crippen molar-refractivity contribution in [3.8, 4) is 0 Å². The molecule has 2 aromatic carbocycles. The van der Waals surface area contributed by atoms with Gasteiger partial charge in [-0.15, -0.1) is 0 Å². The number of allylic oxidation sites excluding steroid dienone is 2. The van der Waals surface area contributed by atoms with Crippen molar-refractivity contribution in [1.82, 2.24) is 0 Å². The second-order valence-electron chi connectivity index (χ2n) is 6.60. The zero-order chi connectivity index (χ0) is 20.4. The smallest absolute Gasteiger partial charge is 0.178 e. The van der Waals surface area contributed by atoms with Crippen LogP contribution in [-0.4, -0.2) is 32.0 Å². The van der Waals surface area contributed by atoms with Crippen LogP contribution < -0.4 is 9.80 Å². The Morgan fingerprint density at radius 3 is 1.46 bits per heavy atom. The molecule has 2 aromatic rings. The van der Waals surface area contributed by atoms with Crippen LogP contribution in [-0.2, 0) is 4.79 Å². The van der Waals surface area contributed by atoms with Gasteiger partial charge >= 0.3 is 0 Å². The monoisotopic (exact) mass is 376 g/mol. The van der Waals surface area contributed by atoms with E-state index in [1.807, 2.05) is 36.4 Å². The molecule has 0 spiro atoms. The number of carbonyl (C=O) groups excluding carboxylic acids is 1. The molecule has 0 aliphatic heterocycles. The number of anilines is 2. The number of benzene rings is 2. The highest BCUT2D eigenvalue weighted by molar-refractivity contribution is 6.04. The standard InChI is InChI=1S/C25H32N2O/c1-5-26(6-2)23-13-9-11-21(19-23)15-17-25(28)18-16-22-12-10-14-24(20-22)27(7-3)8-4/h9-20H,5-8H2,1-4H3. The minimum Gasteiger partial charge on any atom is -0.372 e. The van der Waals surface area contributed by atoms with Gasteiger partial charge in [-0.25, -0.2) is 0 Å². The average Bonchev–Trinajstić information content (AvgIpc) is 2.73. The zero-order valence-corrected chi connectivity index (χ0v) is 17.6. The second-order valence-corrected chi connectivity index (χ2v) is 6.60.